The molecule has 4 nitrogen and oxygen atoms in total. The summed E-state index contributed by atoms with van der Waals surface area (Å²) in [5, 5.41) is 4.32. The van der Waals surface area contributed by atoms with Gasteiger partial charge < -0.3 is 15.2 Å². The Morgan fingerprint density at radius 2 is 2.23 bits per heavy atom. The third kappa shape index (κ3) is 4.00. The van der Waals surface area contributed by atoms with Crippen molar-refractivity contribution in [2.75, 3.05) is 27.2 Å². The number of fused-ring (bicyclic) bond motifs is 1. The molecule has 0 amide bonds. The molecule has 120 valence electrons. The molecule has 0 atom stereocenters. The molecule has 0 saturated heterocycles. The van der Waals surface area contributed by atoms with E-state index < -0.39 is 0 Å². The summed E-state index contributed by atoms with van der Waals surface area (Å²) in [6, 6.07) is 4.84. The lowest BCUT2D eigenvalue weighted by molar-refractivity contribution is 0.465. The number of aliphatic imine (C=N–C) groups is 1. The Bertz CT molecular complexity index is 633. The first kappa shape index (κ1) is 16.3. The second-order valence-corrected chi connectivity index (χ2v) is 5.50. The first-order valence-electron chi connectivity index (χ1n) is 7.83. The molecule has 0 unspecified atom stereocenters. The van der Waals surface area contributed by atoms with Crippen LogP contribution in [0, 0.1) is 5.82 Å². The van der Waals surface area contributed by atoms with Crippen molar-refractivity contribution in [1.82, 2.24) is 15.2 Å². The number of nitrogens with one attached hydrogen (secondary N) is 2. The van der Waals surface area contributed by atoms with Gasteiger partial charge in [-0.3, -0.25) is 4.99 Å². The molecule has 0 bridgehead atoms. The van der Waals surface area contributed by atoms with Crippen molar-refractivity contribution >= 4 is 16.9 Å². The van der Waals surface area contributed by atoms with E-state index in [4.69, 9.17) is 0 Å². The van der Waals surface area contributed by atoms with Crippen LogP contribution in [0.2, 0.25) is 0 Å². The molecule has 5 heteroatoms. The summed E-state index contributed by atoms with van der Waals surface area (Å²) in [7, 11) is 3.85. The number of halogens is 1. The number of aromatic nitrogens is 1. The van der Waals surface area contributed by atoms with Crippen molar-refractivity contribution in [2.45, 2.75) is 26.2 Å². The molecule has 0 spiro atoms. The van der Waals surface area contributed by atoms with Gasteiger partial charge in [-0.05, 0) is 36.6 Å². The number of aromatic amines is 1. The van der Waals surface area contributed by atoms with Crippen LogP contribution < -0.4 is 5.32 Å². The van der Waals surface area contributed by atoms with Gasteiger partial charge in [-0.15, -0.1) is 0 Å². The fourth-order valence-corrected chi connectivity index (χ4v) is 2.55. The summed E-state index contributed by atoms with van der Waals surface area (Å²) < 4.78 is 13.4. The number of nitrogens with zero attached hydrogens (tertiary/aromatic N) is 2. The Kier molecular flexibility index (Phi) is 5.81. The van der Waals surface area contributed by atoms with Crippen LogP contribution >= 0.6 is 0 Å². The average Bonchev–Trinajstić information content (AvgIpc) is 2.91. The summed E-state index contributed by atoms with van der Waals surface area (Å²) in [6.45, 7) is 3.95. The van der Waals surface area contributed by atoms with Gasteiger partial charge in [0.25, 0.3) is 0 Å². The summed E-state index contributed by atoms with van der Waals surface area (Å²) in [4.78, 5) is 9.62. The van der Waals surface area contributed by atoms with Gasteiger partial charge in [-0.1, -0.05) is 13.3 Å². The Morgan fingerprint density at radius 1 is 1.41 bits per heavy atom. The van der Waals surface area contributed by atoms with Gasteiger partial charge in [0.2, 0.25) is 0 Å². The van der Waals surface area contributed by atoms with E-state index in [1.165, 1.54) is 12.5 Å². The van der Waals surface area contributed by atoms with E-state index in [2.05, 4.69) is 27.1 Å². The van der Waals surface area contributed by atoms with Gasteiger partial charge in [0.15, 0.2) is 5.96 Å². The Morgan fingerprint density at radius 3 is 2.95 bits per heavy atom. The molecule has 0 radical (unpaired) electrons. The van der Waals surface area contributed by atoms with Crippen LogP contribution in [0.1, 0.15) is 25.3 Å². The molecule has 0 aliphatic heterocycles. The molecule has 2 N–H and O–H groups in total. The minimum atomic E-state index is -0.198. The van der Waals surface area contributed by atoms with E-state index >= 15 is 0 Å². The zero-order chi connectivity index (χ0) is 15.9. The largest absolute Gasteiger partial charge is 0.361 e. The Hall–Kier alpha value is -2.04. The summed E-state index contributed by atoms with van der Waals surface area (Å²) in [5.74, 6) is 0.705. The molecule has 0 fully saturated rings. The maximum Gasteiger partial charge on any atom is 0.193 e. The lowest BCUT2D eigenvalue weighted by atomic mass is 10.1. The SMILES string of the molecule is CCCCN(C)C(=NC)NCCc1c[nH]c2ccc(F)cc12. The van der Waals surface area contributed by atoms with Crippen LogP contribution in [-0.2, 0) is 6.42 Å². The molecule has 0 aliphatic rings. The Balaban J connectivity index is 1.93. The lowest BCUT2D eigenvalue weighted by Crippen LogP contribution is -2.40. The highest BCUT2D eigenvalue weighted by Crippen LogP contribution is 2.19. The zero-order valence-electron chi connectivity index (χ0n) is 13.6. The topological polar surface area (TPSA) is 43.4 Å². The van der Waals surface area contributed by atoms with Crippen molar-refractivity contribution in [2.24, 2.45) is 4.99 Å². The van der Waals surface area contributed by atoms with E-state index in [-0.39, 0.29) is 5.82 Å². The highest BCUT2D eigenvalue weighted by molar-refractivity contribution is 5.83. The average molecular weight is 304 g/mol. The summed E-state index contributed by atoms with van der Waals surface area (Å²) >= 11 is 0. The van der Waals surface area contributed by atoms with Crippen molar-refractivity contribution in [1.29, 1.82) is 0 Å². The number of rotatable bonds is 6. The highest BCUT2D eigenvalue weighted by Gasteiger charge is 2.07. The first-order chi connectivity index (χ1) is 10.7. The van der Waals surface area contributed by atoms with Crippen molar-refractivity contribution in [3.8, 4) is 0 Å². The summed E-state index contributed by atoms with van der Waals surface area (Å²) in [5.41, 5.74) is 2.09. The predicted octanol–water partition coefficient (Wildman–Crippen LogP) is 3.16. The van der Waals surface area contributed by atoms with E-state index in [9.17, 15) is 4.39 Å². The van der Waals surface area contributed by atoms with E-state index in [1.807, 2.05) is 13.2 Å². The van der Waals surface area contributed by atoms with Crippen molar-refractivity contribution < 1.29 is 4.39 Å². The second-order valence-electron chi connectivity index (χ2n) is 5.50. The number of unbranched alkanes of at least 4 members (excludes halogenated alkanes) is 1. The molecule has 2 rings (SSSR count). The fraction of sp³-hybridized carbons (Fsp3) is 0.471. The maximum atomic E-state index is 13.4. The van der Waals surface area contributed by atoms with Gasteiger partial charge in [-0.2, -0.15) is 0 Å². The van der Waals surface area contributed by atoms with E-state index in [0.29, 0.717) is 0 Å². The van der Waals surface area contributed by atoms with Gasteiger partial charge in [0.1, 0.15) is 5.82 Å². The second kappa shape index (κ2) is 7.82. The van der Waals surface area contributed by atoms with E-state index in [0.717, 1.165) is 48.4 Å². The molecule has 0 saturated carbocycles. The summed E-state index contributed by atoms with van der Waals surface area (Å²) in [6.07, 6.45) is 5.10. The van der Waals surface area contributed by atoms with Crippen LogP contribution in [0.5, 0.6) is 0 Å². The van der Waals surface area contributed by atoms with E-state index in [1.54, 1.807) is 19.2 Å². The lowest BCUT2D eigenvalue weighted by Gasteiger charge is -2.21. The molecule has 22 heavy (non-hydrogen) atoms. The van der Waals surface area contributed by atoms with Gasteiger partial charge in [0.05, 0.1) is 0 Å². The molecular weight excluding hydrogens is 279 g/mol. The monoisotopic (exact) mass is 304 g/mol. The minimum Gasteiger partial charge on any atom is -0.361 e. The smallest absolute Gasteiger partial charge is 0.193 e. The fourth-order valence-electron chi connectivity index (χ4n) is 2.55. The molecule has 1 heterocycles. The highest BCUT2D eigenvalue weighted by atomic mass is 19.1. The number of hydrogen-bond donors (Lipinski definition) is 2. The van der Waals surface area contributed by atoms with Crippen LogP contribution in [0.3, 0.4) is 0 Å². The molecule has 0 aliphatic carbocycles. The standard InChI is InChI=1S/C17H25FN4/c1-4-5-10-22(3)17(19-2)20-9-8-13-12-21-16-7-6-14(18)11-15(13)16/h6-7,11-12,21H,4-5,8-10H2,1-3H3,(H,19,20). The van der Waals surface area contributed by atoms with Crippen LogP contribution in [0.15, 0.2) is 29.4 Å². The van der Waals surface area contributed by atoms with Crippen LogP contribution in [0.25, 0.3) is 10.9 Å². The van der Waals surface area contributed by atoms with Crippen molar-refractivity contribution in [3.63, 3.8) is 0 Å². The first-order valence-corrected chi connectivity index (χ1v) is 7.83. The number of hydrogen-bond acceptors (Lipinski definition) is 1. The maximum absolute atomic E-state index is 13.4. The number of benzene rings is 1. The minimum absolute atomic E-state index is 0.198. The zero-order valence-corrected chi connectivity index (χ0v) is 13.6. The molecule has 1 aromatic carbocycles. The van der Waals surface area contributed by atoms with Crippen molar-refractivity contribution in [3.05, 3.63) is 35.8 Å². The normalized spacial score (nSPS) is 11.9. The van der Waals surface area contributed by atoms with Gasteiger partial charge in [-0.25, -0.2) is 4.39 Å². The van der Waals surface area contributed by atoms with Gasteiger partial charge in [0, 0.05) is 44.3 Å². The molecule has 1 aromatic heterocycles. The Labute approximate surface area is 131 Å². The third-order valence-electron chi connectivity index (χ3n) is 3.83. The van der Waals surface area contributed by atoms with Crippen LogP contribution in [-0.4, -0.2) is 43.0 Å². The van der Waals surface area contributed by atoms with Crippen LogP contribution in [0.4, 0.5) is 4.39 Å². The number of H-pyrrole nitrogens is 1. The predicted molar refractivity (Wildman–Crippen MR) is 90.9 cm³/mol. The molecule has 2 aromatic rings. The van der Waals surface area contributed by atoms with Gasteiger partial charge >= 0.3 is 0 Å². The number of guanidine groups is 1. The molecular formula is C17H25FN4. The quantitative estimate of drug-likeness (QED) is 0.636. The third-order valence-corrected chi connectivity index (χ3v) is 3.83.